The molecule has 68 valence electrons. The summed E-state index contributed by atoms with van der Waals surface area (Å²) in [6.07, 6.45) is -1.58. The second kappa shape index (κ2) is 4.10. The lowest BCUT2D eigenvalue weighted by Gasteiger charge is -2.10. The molecule has 1 aromatic rings. The van der Waals surface area contributed by atoms with Crippen LogP contribution in [0.2, 0.25) is 0 Å². The van der Waals surface area contributed by atoms with E-state index < -0.39 is 19.3 Å². The summed E-state index contributed by atoms with van der Waals surface area (Å²) in [7, 11) is 0. The summed E-state index contributed by atoms with van der Waals surface area (Å²) in [6.45, 7) is -1.10. The van der Waals surface area contributed by atoms with Gasteiger partial charge in [0.25, 0.3) is 0 Å². The highest BCUT2D eigenvalue weighted by Gasteiger charge is 2.22. The van der Waals surface area contributed by atoms with Crippen molar-refractivity contribution >= 4 is 0 Å². The summed E-state index contributed by atoms with van der Waals surface area (Å²) >= 11 is 0. The standard InChI is InChI=1S/C6H8F3N3/c7-2-11-6(9)5(8)4-1-10-3-12-4/h1,3,5-6,11H,2H2,(H,10,12). The number of nitrogens with one attached hydrogen (secondary N) is 2. The van der Waals surface area contributed by atoms with Crippen molar-refractivity contribution < 1.29 is 13.2 Å². The molecule has 0 aliphatic heterocycles. The highest BCUT2D eigenvalue weighted by Crippen LogP contribution is 2.19. The molecule has 0 aliphatic carbocycles. The van der Waals surface area contributed by atoms with Crippen LogP contribution in [0.3, 0.4) is 0 Å². The first-order valence-corrected chi connectivity index (χ1v) is 3.31. The summed E-state index contributed by atoms with van der Waals surface area (Å²) in [5.74, 6) is 0. The maximum absolute atomic E-state index is 12.9. The van der Waals surface area contributed by atoms with Crippen LogP contribution in [0, 0.1) is 0 Å². The van der Waals surface area contributed by atoms with Gasteiger partial charge in [-0.15, -0.1) is 0 Å². The van der Waals surface area contributed by atoms with Crippen molar-refractivity contribution in [3.63, 3.8) is 0 Å². The summed E-state index contributed by atoms with van der Waals surface area (Å²) in [4.78, 5) is 5.89. The molecule has 2 atom stereocenters. The molecule has 0 saturated heterocycles. The molecule has 1 aromatic heterocycles. The van der Waals surface area contributed by atoms with Crippen molar-refractivity contribution in [3.8, 4) is 0 Å². The van der Waals surface area contributed by atoms with Gasteiger partial charge in [0.1, 0.15) is 6.80 Å². The third kappa shape index (κ3) is 1.97. The van der Waals surface area contributed by atoms with Crippen LogP contribution in [0.25, 0.3) is 0 Å². The monoisotopic (exact) mass is 179 g/mol. The van der Waals surface area contributed by atoms with Crippen molar-refractivity contribution in [2.45, 2.75) is 12.5 Å². The summed E-state index contributed by atoms with van der Waals surface area (Å²) in [6, 6.07) is 0. The van der Waals surface area contributed by atoms with Crippen LogP contribution in [-0.4, -0.2) is 23.1 Å². The smallest absolute Gasteiger partial charge is 0.190 e. The minimum absolute atomic E-state index is 0.0107. The summed E-state index contributed by atoms with van der Waals surface area (Å²) in [5.41, 5.74) is -0.0107. The molecule has 0 bridgehead atoms. The molecule has 6 heteroatoms. The number of imidazole rings is 1. The molecule has 3 nitrogen and oxygen atoms in total. The normalized spacial score (nSPS) is 15.9. The van der Waals surface area contributed by atoms with E-state index in [2.05, 4.69) is 9.97 Å². The van der Waals surface area contributed by atoms with Crippen LogP contribution in [0.4, 0.5) is 13.2 Å². The maximum Gasteiger partial charge on any atom is 0.190 e. The van der Waals surface area contributed by atoms with Gasteiger partial charge in [-0.05, 0) is 0 Å². The lowest BCUT2D eigenvalue weighted by Crippen LogP contribution is -2.28. The number of nitrogens with zero attached hydrogens (tertiary/aromatic N) is 1. The molecule has 0 fully saturated rings. The first-order chi connectivity index (χ1) is 5.75. The van der Waals surface area contributed by atoms with E-state index in [4.69, 9.17) is 0 Å². The molecule has 0 aliphatic rings. The second-order valence-electron chi connectivity index (χ2n) is 2.15. The Morgan fingerprint density at radius 3 is 2.83 bits per heavy atom. The average molecular weight is 179 g/mol. The quantitative estimate of drug-likeness (QED) is 0.682. The van der Waals surface area contributed by atoms with Crippen molar-refractivity contribution in [2.75, 3.05) is 6.80 Å². The van der Waals surface area contributed by atoms with Crippen LogP contribution in [-0.2, 0) is 0 Å². The van der Waals surface area contributed by atoms with Gasteiger partial charge in [-0.3, -0.25) is 5.32 Å². The van der Waals surface area contributed by atoms with Gasteiger partial charge < -0.3 is 4.98 Å². The van der Waals surface area contributed by atoms with E-state index in [1.807, 2.05) is 0 Å². The lowest BCUT2D eigenvalue weighted by molar-refractivity contribution is 0.119. The van der Waals surface area contributed by atoms with Gasteiger partial charge >= 0.3 is 0 Å². The molecule has 2 unspecified atom stereocenters. The van der Waals surface area contributed by atoms with Crippen molar-refractivity contribution in [2.24, 2.45) is 0 Å². The molecule has 0 spiro atoms. The fraction of sp³-hybridized carbons (Fsp3) is 0.500. The molecule has 1 heterocycles. The largest absolute Gasteiger partial charge is 0.346 e. The SMILES string of the molecule is FCNC(F)C(F)c1cnc[nH]1. The number of H-pyrrole nitrogens is 1. The Morgan fingerprint density at radius 1 is 1.58 bits per heavy atom. The van der Waals surface area contributed by atoms with E-state index in [-0.39, 0.29) is 5.69 Å². The minimum Gasteiger partial charge on any atom is -0.346 e. The van der Waals surface area contributed by atoms with Crippen LogP contribution >= 0.6 is 0 Å². The zero-order valence-corrected chi connectivity index (χ0v) is 6.10. The summed E-state index contributed by atoms with van der Waals surface area (Å²) in [5, 5.41) is 1.68. The fourth-order valence-corrected chi connectivity index (χ4v) is 0.752. The summed E-state index contributed by atoms with van der Waals surface area (Å²) < 4.78 is 37.0. The predicted molar refractivity (Wildman–Crippen MR) is 36.4 cm³/mol. The van der Waals surface area contributed by atoms with E-state index in [1.54, 1.807) is 5.32 Å². The Kier molecular flexibility index (Phi) is 3.09. The number of hydrogen-bond acceptors (Lipinski definition) is 2. The van der Waals surface area contributed by atoms with Crippen LogP contribution < -0.4 is 5.32 Å². The Morgan fingerprint density at radius 2 is 2.33 bits per heavy atom. The fourth-order valence-electron chi connectivity index (χ4n) is 0.752. The minimum atomic E-state index is -2.05. The third-order valence-electron chi connectivity index (χ3n) is 1.35. The van der Waals surface area contributed by atoms with Crippen molar-refractivity contribution in [3.05, 3.63) is 18.2 Å². The number of halogens is 3. The molecule has 0 radical (unpaired) electrons. The number of aromatic nitrogens is 2. The first-order valence-electron chi connectivity index (χ1n) is 3.31. The molecular weight excluding hydrogens is 171 g/mol. The average Bonchev–Trinajstić information content (AvgIpc) is 2.55. The van der Waals surface area contributed by atoms with Crippen LogP contribution in [0.5, 0.6) is 0 Å². The molecule has 0 aromatic carbocycles. The van der Waals surface area contributed by atoms with Gasteiger partial charge in [0.15, 0.2) is 12.5 Å². The van der Waals surface area contributed by atoms with Gasteiger partial charge in [0, 0.05) is 0 Å². The second-order valence-corrected chi connectivity index (χ2v) is 2.15. The lowest BCUT2D eigenvalue weighted by atomic mass is 10.3. The Labute approximate surface area is 67.0 Å². The van der Waals surface area contributed by atoms with E-state index in [1.165, 1.54) is 6.33 Å². The molecular formula is C6H8F3N3. The van der Waals surface area contributed by atoms with Gasteiger partial charge in [-0.1, -0.05) is 0 Å². The molecule has 12 heavy (non-hydrogen) atoms. The van der Waals surface area contributed by atoms with Gasteiger partial charge in [0.2, 0.25) is 0 Å². The zero-order chi connectivity index (χ0) is 8.97. The highest BCUT2D eigenvalue weighted by molar-refractivity contribution is 5.00. The van der Waals surface area contributed by atoms with Gasteiger partial charge in [-0.2, -0.15) is 0 Å². The molecule has 1 rings (SSSR count). The Hall–Kier alpha value is -1.04. The Balaban J connectivity index is 2.53. The van der Waals surface area contributed by atoms with E-state index in [0.717, 1.165) is 6.20 Å². The Bertz CT molecular complexity index is 214. The van der Waals surface area contributed by atoms with E-state index in [0.29, 0.717) is 0 Å². The molecule has 0 amide bonds. The van der Waals surface area contributed by atoms with Crippen molar-refractivity contribution in [1.29, 1.82) is 0 Å². The predicted octanol–water partition coefficient (Wildman–Crippen LogP) is 1.23. The molecule has 2 N–H and O–H groups in total. The van der Waals surface area contributed by atoms with Gasteiger partial charge in [0.05, 0.1) is 18.2 Å². The van der Waals surface area contributed by atoms with Crippen molar-refractivity contribution in [1.82, 2.24) is 15.3 Å². The van der Waals surface area contributed by atoms with E-state index in [9.17, 15) is 13.2 Å². The number of aromatic amines is 1. The molecule has 0 saturated carbocycles. The zero-order valence-electron chi connectivity index (χ0n) is 6.10. The first kappa shape index (κ1) is 9.05. The van der Waals surface area contributed by atoms with Crippen LogP contribution in [0.15, 0.2) is 12.5 Å². The van der Waals surface area contributed by atoms with Gasteiger partial charge in [-0.25, -0.2) is 18.2 Å². The third-order valence-corrected chi connectivity index (χ3v) is 1.35. The number of hydrogen-bond donors (Lipinski definition) is 2. The number of rotatable bonds is 4. The van der Waals surface area contributed by atoms with E-state index >= 15 is 0 Å². The highest BCUT2D eigenvalue weighted by atomic mass is 19.2. The maximum atomic E-state index is 12.9. The number of alkyl halides is 3. The topological polar surface area (TPSA) is 40.7 Å². The van der Waals surface area contributed by atoms with Crippen LogP contribution in [0.1, 0.15) is 11.9 Å².